The summed E-state index contributed by atoms with van der Waals surface area (Å²) in [5.74, 6) is -0.229. The van der Waals surface area contributed by atoms with Crippen LogP contribution in [0.4, 0.5) is 0 Å². The predicted octanol–water partition coefficient (Wildman–Crippen LogP) is 0.824. The van der Waals surface area contributed by atoms with Crippen molar-refractivity contribution in [1.29, 1.82) is 0 Å². The third-order valence-electron chi connectivity index (χ3n) is 1.55. The van der Waals surface area contributed by atoms with Gasteiger partial charge in [-0.2, -0.15) is 0 Å². The average molecular weight is 168 g/mol. The molecule has 0 aliphatic heterocycles. The number of aromatic amines is 1. The maximum absolute atomic E-state index is 11.0. The highest BCUT2D eigenvalue weighted by atomic mass is 16.5. The van der Waals surface area contributed by atoms with Crippen LogP contribution in [0.3, 0.4) is 0 Å². The molecule has 0 radical (unpaired) electrons. The number of rotatable bonds is 3. The molecule has 0 atom stereocenters. The summed E-state index contributed by atoms with van der Waals surface area (Å²) in [5.41, 5.74) is 1.68. The van der Waals surface area contributed by atoms with Crippen molar-refractivity contribution in [2.24, 2.45) is 0 Å². The van der Waals surface area contributed by atoms with E-state index in [4.69, 9.17) is 4.74 Å². The first-order valence-corrected chi connectivity index (χ1v) is 3.88. The molecule has 66 valence electrons. The largest absolute Gasteiger partial charge is 0.466 e. The van der Waals surface area contributed by atoms with Crippen LogP contribution in [-0.2, 0) is 16.0 Å². The molecule has 0 unspecified atom stereocenters. The third-order valence-corrected chi connectivity index (χ3v) is 1.55. The molecule has 1 heterocycles. The van der Waals surface area contributed by atoms with Gasteiger partial charge in [0.1, 0.15) is 0 Å². The first-order chi connectivity index (χ1) is 5.74. The van der Waals surface area contributed by atoms with Gasteiger partial charge in [-0.05, 0) is 13.8 Å². The van der Waals surface area contributed by atoms with E-state index >= 15 is 0 Å². The van der Waals surface area contributed by atoms with Gasteiger partial charge in [0.05, 0.1) is 25.0 Å². The highest BCUT2D eigenvalue weighted by molar-refractivity contribution is 5.72. The summed E-state index contributed by atoms with van der Waals surface area (Å²) < 4.78 is 4.78. The average Bonchev–Trinajstić information content (AvgIpc) is 2.37. The summed E-state index contributed by atoms with van der Waals surface area (Å²) >= 11 is 0. The second-order valence-electron chi connectivity index (χ2n) is 2.46. The molecule has 12 heavy (non-hydrogen) atoms. The number of aryl methyl sites for hydroxylation is 1. The first kappa shape index (κ1) is 8.77. The van der Waals surface area contributed by atoms with E-state index in [0.29, 0.717) is 6.61 Å². The highest BCUT2D eigenvalue weighted by Gasteiger charge is 2.07. The number of hydrogen-bond acceptors (Lipinski definition) is 3. The molecule has 0 aliphatic carbocycles. The van der Waals surface area contributed by atoms with E-state index in [2.05, 4.69) is 9.97 Å². The van der Waals surface area contributed by atoms with Crippen molar-refractivity contribution in [3.63, 3.8) is 0 Å². The van der Waals surface area contributed by atoms with E-state index in [-0.39, 0.29) is 12.4 Å². The van der Waals surface area contributed by atoms with Crippen molar-refractivity contribution in [3.05, 3.63) is 17.7 Å². The lowest BCUT2D eigenvalue weighted by molar-refractivity contribution is -0.142. The minimum atomic E-state index is -0.229. The van der Waals surface area contributed by atoms with Crippen LogP contribution in [-0.4, -0.2) is 22.5 Å². The summed E-state index contributed by atoms with van der Waals surface area (Å²) in [6.07, 6.45) is 1.83. The predicted molar refractivity (Wildman–Crippen MR) is 43.7 cm³/mol. The van der Waals surface area contributed by atoms with E-state index in [1.807, 2.05) is 6.92 Å². The van der Waals surface area contributed by atoms with Crippen LogP contribution in [0.2, 0.25) is 0 Å². The number of carbonyl (C=O) groups excluding carboxylic acids is 1. The lowest BCUT2D eigenvalue weighted by Crippen LogP contribution is -2.08. The van der Waals surface area contributed by atoms with E-state index in [9.17, 15) is 4.79 Å². The third kappa shape index (κ3) is 2.08. The Morgan fingerprint density at radius 1 is 1.75 bits per heavy atom. The van der Waals surface area contributed by atoms with Gasteiger partial charge >= 0.3 is 5.97 Å². The van der Waals surface area contributed by atoms with Gasteiger partial charge < -0.3 is 9.72 Å². The fourth-order valence-corrected chi connectivity index (χ4v) is 0.914. The minimum Gasteiger partial charge on any atom is -0.466 e. The molecular formula is C8H12N2O2. The van der Waals surface area contributed by atoms with Crippen LogP contribution in [0.15, 0.2) is 6.33 Å². The molecule has 0 spiro atoms. The Morgan fingerprint density at radius 3 is 3.00 bits per heavy atom. The van der Waals surface area contributed by atoms with Gasteiger partial charge in [0.15, 0.2) is 0 Å². The van der Waals surface area contributed by atoms with Crippen molar-refractivity contribution in [2.75, 3.05) is 6.61 Å². The number of nitrogens with one attached hydrogen (secondary N) is 1. The smallest absolute Gasteiger partial charge is 0.311 e. The molecule has 0 aromatic carbocycles. The van der Waals surface area contributed by atoms with Crippen LogP contribution in [0.5, 0.6) is 0 Å². The summed E-state index contributed by atoms with van der Waals surface area (Å²) in [7, 11) is 0. The second kappa shape index (κ2) is 3.90. The minimum absolute atomic E-state index is 0.229. The van der Waals surface area contributed by atoms with Crippen molar-refractivity contribution in [3.8, 4) is 0 Å². The van der Waals surface area contributed by atoms with E-state index in [0.717, 1.165) is 11.4 Å². The second-order valence-corrected chi connectivity index (χ2v) is 2.46. The number of nitrogens with zero attached hydrogens (tertiary/aromatic N) is 1. The molecular weight excluding hydrogens is 156 g/mol. The molecule has 4 nitrogen and oxygen atoms in total. The van der Waals surface area contributed by atoms with Crippen LogP contribution in [0.1, 0.15) is 18.3 Å². The lowest BCUT2D eigenvalue weighted by atomic mass is 10.3. The van der Waals surface area contributed by atoms with E-state index < -0.39 is 0 Å². The van der Waals surface area contributed by atoms with Crippen LogP contribution in [0, 0.1) is 6.92 Å². The standard InChI is InChI=1S/C8H12N2O2/c1-3-12-8(11)4-7-6(2)9-5-10-7/h5H,3-4H2,1-2H3,(H,9,10). The Labute approximate surface area is 71.0 Å². The summed E-state index contributed by atoms with van der Waals surface area (Å²) in [6, 6.07) is 0. The molecule has 0 amide bonds. The first-order valence-electron chi connectivity index (χ1n) is 3.88. The quantitative estimate of drug-likeness (QED) is 0.680. The zero-order chi connectivity index (χ0) is 8.97. The maximum atomic E-state index is 11.0. The SMILES string of the molecule is CCOC(=O)Cc1nc[nH]c1C. The molecule has 0 saturated carbocycles. The van der Waals surface area contributed by atoms with Gasteiger partial charge in [-0.3, -0.25) is 4.79 Å². The summed E-state index contributed by atoms with van der Waals surface area (Å²) in [5, 5.41) is 0. The van der Waals surface area contributed by atoms with Crippen molar-refractivity contribution in [2.45, 2.75) is 20.3 Å². The number of carbonyl (C=O) groups is 1. The van der Waals surface area contributed by atoms with E-state index in [1.54, 1.807) is 13.3 Å². The number of imidazole rings is 1. The zero-order valence-corrected chi connectivity index (χ0v) is 7.26. The number of aromatic nitrogens is 2. The number of esters is 1. The number of H-pyrrole nitrogens is 1. The Morgan fingerprint density at radius 2 is 2.50 bits per heavy atom. The fourth-order valence-electron chi connectivity index (χ4n) is 0.914. The summed E-state index contributed by atoms with van der Waals surface area (Å²) in [6.45, 7) is 4.08. The van der Waals surface area contributed by atoms with Crippen LogP contribution in [0.25, 0.3) is 0 Å². The highest BCUT2D eigenvalue weighted by Crippen LogP contribution is 2.01. The van der Waals surface area contributed by atoms with Gasteiger partial charge in [0, 0.05) is 5.69 Å². The van der Waals surface area contributed by atoms with Crippen molar-refractivity contribution in [1.82, 2.24) is 9.97 Å². The molecule has 0 bridgehead atoms. The Hall–Kier alpha value is -1.32. The molecule has 1 rings (SSSR count). The van der Waals surface area contributed by atoms with Crippen molar-refractivity contribution >= 4 is 5.97 Å². The molecule has 1 N–H and O–H groups in total. The Kier molecular flexibility index (Phi) is 2.85. The Bertz CT molecular complexity index is 268. The van der Waals surface area contributed by atoms with E-state index in [1.165, 1.54) is 0 Å². The van der Waals surface area contributed by atoms with Gasteiger partial charge in [0.25, 0.3) is 0 Å². The molecule has 1 aromatic heterocycles. The van der Waals surface area contributed by atoms with Gasteiger partial charge in [-0.1, -0.05) is 0 Å². The van der Waals surface area contributed by atoms with Crippen LogP contribution >= 0.6 is 0 Å². The van der Waals surface area contributed by atoms with Gasteiger partial charge in [-0.25, -0.2) is 4.98 Å². The molecule has 4 heteroatoms. The lowest BCUT2D eigenvalue weighted by Gasteiger charge is -1.99. The monoisotopic (exact) mass is 168 g/mol. The topological polar surface area (TPSA) is 55.0 Å². The summed E-state index contributed by atoms with van der Waals surface area (Å²) in [4.78, 5) is 17.9. The van der Waals surface area contributed by atoms with Gasteiger partial charge in [0.2, 0.25) is 0 Å². The van der Waals surface area contributed by atoms with Gasteiger partial charge in [-0.15, -0.1) is 0 Å². The molecule has 0 aliphatic rings. The molecule has 0 saturated heterocycles. The number of ether oxygens (including phenoxy) is 1. The number of hydrogen-bond donors (Lipinski definition) is 1. The molecule has 0 fully saturated rings. The van der Waals surface area contributed by atoms with Crippen molar-refractivity contribution < 1.29 is 9.53 Å². The fraction of sp³-hybridized carbons (Fsp3) is 0.500. The maximum Gasteiger partial charge on any atom is 0.311 e. The van der Waals surface area contributed by atoms with Crippen LogP contribution < -0.4 is 0 Å². The Balaban J connectivity index is 2.52. The molecule has 1 aromatic rings. The normalized spacial score (nSPS) is 9.83. The zero-order valence-electron chi connectivity index (χ0n) is 7.26.